The second-order valence-electron chi connectivity index (χ2n) is 6.71. The molecule has 3 heteroatoms. The molecule has 0 bridgehead atoms. The Bertz CT molecular complexity index is 826. The van der Waals surface area contributed by atoms with Gasteiger partial charge in [0, 0.05) is 17.8 Å². The monoisotopic (exact) mass is 314 g/mol. The van der Waals surface area contributed by atoms with Gasteiger partial charge in [-0.25, -0.2) is 5.01 Å². The highest BCUT2D eigenvalue weighted by molar-refractivity contribution is 5.95. The molecule has 3 nitrogen and oxygen atoms in total. The highest BCUT2D eigenvalue weighted by atomic mass is 16.2. The average Bonchev–Trinajstić information content (AvgIpc) is 3.30. The number of fused-ring (bicyclic) bond motifs is 5. The number of carbonyl (C=O) groups excluding carboxylic acids is 1. The van der Waals surface area contributed by atoms with Crippen LogP contribution in [0, 0.1) is 23.2 Å². The highest BCUT2D eigenvalue weighted by Crippen LogP contribution is 2.71. The second-order valence-corrected chi connectivity index (χ2v) is 6.71. The average molecular weight is 314 g/mol. The number of nitrogens with one attached hydrogen (secondary N) is 1. The van der Waals surface area contributed by atoms with Crippen molar-refractivity contribution in [3.8, 4) is 0 Å². The third-order valence-corrected chi connectivity index (χ3v) is 5.60. The lowest BCUT2D eigenvalue weighted by atomic mass is 9.86. The number of hydrazine groups is 1. The van der Waals surface area contributed by atoms with Crippen LogP contribution in [-0.4, -0.2) is 10.9 Å². The predicted octanol–water partition coefficient (Wildman–Crippen LogP) is 3.84. The van der Waals surface area contributed by atoms with Gasteiger partial charge in [0.2, 0.25) is 0 Å². The van der Waals surface area contributed by atoms with Crippen LogP contribution in [0.15, 0.2) is 90.7 Å². The molecule has 0 aromatic heterocycles. The Balaban J connectivity index is 1.59. The van der Waals surface area contributed by atoms with E-state index < -0.39 is 0 Å². The largest absolute Gasteiger partial charge is 0.292 e. The van der Waals surface area contributed by atoms with Gasteiger partial charge in [-0.2, -0.15) is 0 Å². The minimum atomic E-state index is -0.361. The molecule has 3 unspecified atom stereocenters. The Hall–Kier alpha value is -2.81. The van der Waals surface area contributed by atoms with E-state index in [0.717, 1.165) is 11.4 Å². The van der Waals surface area contributed by atoms with Crippen molar-refractivity contribution in [1.82, 2.24) is 5.01 Å². The van der Waals surface area contributed by atoms with Crippen LogP contribution in [0.4, 0.5) is 5.69 Å². The zero-order valence-electron chi connectivity index (χ0n) is 13.2. The van der Waals surface area contributed by atoms with Crippen LogP contribution in [0.2, 0.25) is 0 Å². The summed E-state index contributed by atoms with van der Waals surface area (Å²) in [5.74, 6) is 0.884. The number of rotatable bonds is 2. The SMILES string of the molecule is O=C1N(Nc2ccccc2)C2=CC=CC=CC2C12C1C=CC=CC12. The van der Waals surface area contributed by atoms with Gasteiger partial charge in [0.05, 0.1) is 16.8 Å². The quantitative estimate of drug-likeness (QED) is 0.899. The van der Waals surface area contributed by atoms with E-state index in [1.54, 1.807) is 5.01 Å². The normalized spacial score (nSPS) is 34.8. The summed E-state index contributed by atoms with van der Waals surface area (Å²) in [7, 11) is 0. The van der Waals surface area contributed by atoms with Gasteiger partial charge in [-0.3, -0.25) is 10.2 Å². The molecular formula is C21H18N2O. The summed E-state index contributed by atoms with van der Waals surface area (Å²) in [4.78, 5) is 13.4. The van der Waals surface area contributed by atoms with E-state index in [-0.39, 0.29) is 17.2 Å². The molecule has 1 saturated carbocycles. The Morgan fingerprint density at radius 3 is 2.33 bits per heavy atom. The summed E-state index contributed by atoms with van der Waals surface area (Å²) in [6.07, 6.45) is 18.9. The van der Waals surface area contributed by atoms with E-state index in [1.165, 1.54) is 0 Å². The van der Waals surface area contributed by atoms with Crippen molar-refractivity contribution in [1.29, 1.82) is 0 Å². The van der Waals surface area contributed by atoms with E-state index >= 15 is 0 Å². The number of hydrogen-bond acceptors (Lipinski definition) is 2. The van der Waals surface area contributed by atoms with Gasteiger partial charge in [-0.1, -0.05) is 66.8 Å². The first kappa shape index (κ1) is 13.6. The van der Waals surface area contributed by atoms with Crippen molar-refractivity contribution in [3.63, 3.8) is 0 Å². The van der Waals surface area contributed by atoms with Crippen LogP contribution >= 0.6 is 0 Å². The topological polar surface area (TPSA) is 32.3 Å². The number of para-hydroxylation sites is 1. The predicted molar refractivity (Wildman–Crippen MR) is 94.5 cm³/mol. The van der Waals surface area contributed by atoms with Crippen molar-refractivity contribution >= 4 is 11.6 Å². The summed E-state index contributed by atoms with van der Waals surface area (Å²) >= 11 is 0. The smallest absolute Gasteiger partial charge is 0.253 e. The van der Waals surface area contributed by atoms with Gasteiger partial charge < -0.3 is 0 Å². The van der Waals surface area contributed by atoms with Crippen molar-refractivity contribution in [2.45, 2.75) is 0 Å². The van der Waals surface area contributed by atoms with Crippen molar-refractivity contribution in [2.75, 3.05) is 5.43 Å². The molecule has 1 aromatic rings. The summed E-state index contributed by atoms with van der Waals surface area (Å²) in [5, 5.41) is 1.76. The van der Waals surface area contributed by atoms with Crippen LogP contribution in [-0.2, 0) is 4.79 Å². The molecule has 1 aliphatic heterocycles. The lowest BCUT2D eigenvalue weighted by Gasteiger charge is -2.21. The Labute approximate surface area is 141 Å². The fourth-order valence-electron chi connectivity index (χ4n) is 4.50. The lowest BCUT2D eigenvalue weighted by molar-refractivity contribution is -0.131. The third kappa shape index (κ3) is 1.64. The highest BCUT2D eigenvalue weighted by Gasteiger charge is 2.75. The van der Waals surface area contributed by atoms with Crippen molar-refractivity contribution in [2.24, 2.45) is 23.2 Å². The molecule has 1 heterocycles. The van der Waals surface area contributed by atoms with Gasteiger partial charge in [-0.05, 0) is 18.2 Å². The first-order valence-electron chi connectivity index (χ1n) is 8.40. The number of anilines is 1. The number of amides is 1. The number of benzene rings is 1. The van der Waals surface area contributed by atoms with Crippen LogP contribution in [0.3, 0.4) is 0 Å². The molecule has 3 atom stereocenters. The van der Waals surface area contributed by atoms with Gasteiger partial charge in [0.1, 0.15) is 0 Å². The molecule has 4 aliphatic rings. The van der Waals surface area contributed by atoms with Gasteiger partial charge in [0.25, 0.3) is 5.91 Å². The molecular weight excluding hydrogens is 296 g/mol. The summed E-state index contributed by atoms with van der Waals surface area (Å²) in [6, 6.07) is 9.88. The summed E-state index contributed by atoms with van der Waals surface area (Å²) in [6.45, 7) is 0. The molecule has 5 rings (SSSR count). The Morgan fingerprint density at radius 1 is 0.875 bits per heavy atom. The lowest BCUT2D eigenvalue weighted by Crippen LogP contribution is -2.33. The van der Waals surface area contributed by atoms with Crippen LogP contribution in [0.5, 0.6) is 0 Å². The maximum atomic E-state index is 13.4. The maximum Gasteiger partial charge on any atom is 0.253 e. The van der Waals surface area contributed by atoms with Crippen molar-refractivity contribution < 1.29 is 4.79 Å². The number of allylic oxidation sites excluding steroid dienone is 9. The zero-order chi connectivity index (χ0) is 16.1. The second kappa shape index (κ2) is 4.84. The molecule has 1 amide bonds. The number of carbonyl (C=O) groups is 1. The molecule has 3 aliphatic carbocycles. The van der Waals surface area contributed by atoms with Crippen LogP contribution in [0.25, 0.3) is 0 Å². The molecule has 1 saturated heterocycles. The van der Waals surface area contributed by atoms with Gasteiger partial charge in [-0.15, -0.1) is 0 Å². The van der Waals surface area contributed by atoms with Crippen molar-refractivity contribution in [3.05, 3.63) is 90.7 Å². The Kier molecular flexibility index (Phi) is 2.75. The minimum Gasteiger partial charge on any atom is -0.292 e. The fourth-order valence-corrected chi connectivity index (χ4v) is 4.50. The standard InChI is InChI=1S/C21H18N2O/c24-20-21(16-11-7-8-12-17(16)21)18-13-5-2-6-14-19(18)23(20)22-15-9-3-1-4-10-15/h1-14,16-18,22H. The first-order valence-corrected chi connectivity index (χ1v) is 8.40. The van der Waals surface area contributed by atoms with E-state index in [0.29, 0.717) is 11.8 Å². The van der Waals surface area contributed by atoms with Gasteiger partial charge >= 0.3 is 0 Å². The van der Waals surface area contributed by atoms with Crippen LogP contribution in [0.1, 0.15) is 0 Å². The van der Waals surface area contributed by atoms with E-state index in [1.807, 2.05) is 42.5 Å². The Morgan fingerprint density at radius 2 is 1.58 bits per heavy atom. The van der Waals surface area contributed by atoms with E-state index in [9.17, 15) is 4.79 Å². The number of hydrogen-bond donors (Lipinski definition) is 1. The first-order chi connectivity index (χ1) is 11.8. The molecule has 118 valence electrons. The number of nitrogens with zero attached hydrogens (tertiary/aromatic N) is 1. The molecule has 1 spiro atoms. The molecule has 1 N–H and O–H groups in total. The third-order valence-electron chi connectivity index (χ3n) is 5.60. The van der Waals surface area contributed by atoms with Crippen LogP contribution < -0.4 is 5.43 Å². The molecule has 1 aromatic carbocycles. The molecule has 2 fully saturated rings. The summed E-state index contributed by atoms with van der Waals surface area (Å²) in [5.41, 5.74) is 4.92. The summed E-state index contributed by atoms with van der Waals surface area (Å²) < 4.78 is 0. The molecule has 24 heavy (non-hydrogen) atoms. The fraction of sp³-hybridized carbons (Fsp3) is 0.190. The van der Waals surface area contributed by atoms with Gasteiger partial charge in [0.15, 0.2) is 0 Å². The minimum absolute atomic E-state index is 0.110. The molecule has 0 radical (unpaired) electrons. The zero-order valence-corrected chi connectivity index (χ0v) is 13.2. The maximum absolute atomic E-state index is 13.4. The van der Waals surface area contributed by atoms with E-state index in [4.69, 9.17) is 0 Å². The van der Waals surface area contributed by atoms with E-state index in [2.05, 4.69) is 48.0 Å².